The fourth-order valence-electron chi connectivity index (χ4n) is 2.61. The zero-order chi connectivity index (χ0) is 23.2. The van der Waals surface area contributed by atoms with Crippen molar-refractivity contribution in [3.05, 3.63) is 64.1 Å². The van der Waals surface area contributed by atoms with Crippen LogP contribution in [0.25, 0.3) is 0 Å². The first kappa shape index (κ1) is 24.2. The summed E-state index contributed by atoms with van der Waals surface area (Å²) in [6, 6.07) is 11.2. The number of aliphatic carboxylic acids is 1. The van der Waals surface area contributed by atoms with Crippen LogP contribution >= 0.6 is 15.9 Å². The molecule has 0 unspecified atom stereocenters. The van der Waals surface area contributed by atoms with Crippen molar-refractivity contribution in [2.24, 2.45) is 0 Å². The molecule has 2 N–H and O–H groups in total. The maximum absolute atomic E-state index is 12.8. The van der Waals surface area contributed by atoms with Crippen LogP contribution in [0.4, 0.5) is 9.59 Å². The number of hydrogen-bond donors (Lipinski definition) is 2. The summed E-state index contributed by atoms with van der Waals surface area (Å²) in [7, 11) is 0. The van der Waals surface area contributed by atoms with Gasteiger partial charge in [0.25, 0.3) is 0 Å². The highest BCUT2D eigenvalue weighted by molar-refractivity contribution is 9.10. The number of nitrogens with zero attached hydrogens (tertiary/aromatic N) is 1. The summed E-state index contributed by atoms with van der Waals surface area (Å²) in [5.74, 6) is -1.40. The predicted octanol–water partition coefficient (Wildman–Crippen LogP) is 4.72. The molecule has 2 amide bonds. The van der Waals surface area contributed by atoms with E-state index in [1.807, 2.05) is 0 Å². The topological polar surface area (TPSA) is 113 Å². The van der Waals surface area contributed by atoms with E-state index >= 15 is 0 Å². The lowest BCUT2D eigenvalue weighted by molar-refractivity contribution is -0.142. The number of carboxylic acid groups (broad SMARTS) is 1. The molecule has 0 aliphatic carbocycles. The molecule has 0 radical (unpaired) electrons. The fraction of sp³-hybridized carbons (Fsp3) is 0.318. The van der Waals surface area contributed by atoms with Crippen LogP contribution in [0.3, 0.4) is 0 Å². The molecule has 0 spiro atoms. The molecular formula is C22H24BrNO7. The summed E-state index contributed by atoms with van der Waals surface area (Å²) in [5.41, 5.74) is 0.183. The number of rotatable bonds is 6. The highest BCUT2D eigenvalue weighted by Crippen LogP contribution is 2.21. The molecular weight excluding hydrogens is 470 g/mol. The molecule has 0 heterocycles. The average molecular weight is 494 g/mol. The summed E-state index contributed by atoms with van der Waals surface area (Å²) >= 11 is 3.34. The molecule has 166 valence electrons. The number of ether oxygens (including phenoxy) is 2. The van der Waals surface area contributed by atoms with Crippen LogP contribution in [0.5, 0.6) is 5.75 Å². The minimum Gasteiger partial charge on any atom is -0.508 e. The number of phenols is 1. The molecule has 0 bridgehead atoms. The van der Waals surface area contributed by atoms with Crippen LogP contribution in [-0.4, -0.2) is 44.9 Å². The maximum Gasteiger partial charge on any atom is 0.420 e. The number of imide groups is 1. The summed E-state index contributed by atoms with van der Waals surface area (Å²) in [5, 5.41) is 19.2. The van der Waals surface area contributed by atoms with Gasteiger partial charge in [-0.3, -0.25) is 0 Å². The van der Waals surface area contributed by atoms with E-state index in [1.165, 1.54) is 24.3 Å². The Balaban J connectivity index is 2.30. The van der Waals surface area contributed by atoms with E-state index in [0.29, 0.717) is 20.5 Å². The first-order valence-corrected chi connectivity index (χ1v) is 10.2. The quantitative estimate of drug-likeness (QED) is 0.597. The molecule has 0 aliphatic heterocycles. The van der Waals surface area contributed by atoms with Gasteiger partial charge in [-0.05, 0) is 44.5 Å². The van der Waals surface area contributed by atoms with Crippen molar-refractivity contribution in [1.82, 2.24) is 4.90 Å². The standard InChI is InChI=1S/C22H24BrNO7/c1-22(2,3)31-21(29)24(20(28)30-13-15-6-4-5-7-17(15)23)18(19(26)27)12-14-8-10-16(25)11-9-14/h4-11,18,25H,12-13H2,1-3H3,(H,26,27)/t18-/m1/s1. The molecule has 0 saturated heterocycles. The second-order valence-corrected chi connectivity index (χ2v) is 8.58. The normalized spacial score (nSPS) is 12.0. The number of phenolic OH excluding ortho intramolecular Hbond substituents is 1. The number of aromatic hydroxyl groups is 1. The first-order valence-electron chi connectivity index (χ1n) is 9.41. The number of carbonyl (C=O) groups is 3. The SMILES string of the molecule is CC(C)(C)OC(=O)N(C(=O)OCc1ccccc1Br)[C@H](Cc1ccc(O)cc1)C(=O)O. The van der Waals surface area contributed by atoms with Gasteiger partial charge in [0.1, 0.15) is 24.0 Å². The zero-order valence-electron chi connectivity index (χ0n) is 17.4. The van der Waals surface area contributed by atoms with E-state index in [4.69, 9.17) is 9.47 Å². The first-order chi connectivity index (χ1) is 14.5. The smallest absolute Gasteiger partial charge is 0.420 e. The van der Waals surface area contributed by atoms with Gasteiger partial charge in [-0.2, -0.15) is 4.90 Å². The van der Waals surface area contributed by atoms with Crippen LogP contribution in [0.15, 0.2) is 53.0 Å². The van der Waals surface area contributed by atoms with Crippen LogP contribution in [0.1, 0.15) is 31.9 Å². The summed E-state index contributed by atoms with van der Waals surface area (Å²) in [4.78, 5) is 38.1. The van der Waals surface area contributed by atoms with Crippen molar-refractivity contribution in [3.63, 3.8) is 0 Å². The van der Waals surface area contributed by atoms with Gasteiger partial charge >= 0.3 is 18.2 Å². The van der Waals surface area contributed by atoms with E-state index in [2.05, 4.69) is 15.9 Å². The van der Waals surface area contributed by atoms with Crippen LogP contribution in [0.2, 0.25) is 0 Å². The number of hydrogen-bond acceptors (Lipinski definition) is 6. The molecule has 8 nitrogen and oxygen atoms in total. The Hall–Kier alpha value is -3.07. The average Bonchev–Trinajstić information content (AvgIpc) is 2.67. The van der Waals surface area contributed by atoms with Gasteiger partial charge in [-0.15, -0.1) is 0 Å². The molecule has 0 aromatic heterocycles. The Kier molecular flexibility index (Phi) is 8.04. The van der Waals surface area contributed by atoms with Gasteiger partial charge < -0.3 is 19.7 Å². The molecule has 31 heavy (non-hydrogen) atoms. The van der Waals surface area contributed by atoms with Crippen LogP contribution in [0, 0.1) is 0 Å². The van der Waals surface area contributed by atoms with E-state index in [-0.39, 0.29) is 18.8 Å². The molecule has 2 rings (SSSR count). The summed E-state index contributed by atoms with van der Waals surface area (Å²) < 4.78 is 11.2. The lowest BCUT2D eigenvalue weighted by Gasteiger charge is -2.29. The second kappa shape index (κ2) is 10.3. The number of amides is 2. The van der Waals surface area contributed by atoms with Gasteiger partial charge in [-0.1, -0.05) is 46.3 Å². The molecule has 1 atom stereocenters. The monoisotopic (exact) mass is 493 g/mol. The van der Waals surface area contributed by atoms with E-state index in [9.17, 15) is 24.6 Å². The Labute approximate surface area is 188 Å². The molecule has 0 fully saturated rings. The summed E-state index contributed by atoms with van der Waals surface area (Å²) in [6.07, 6.45) is -2.47. The minimum atomic E-state index is -1.58. The Morgan fingerprint density at radius 3 is 2.19 bits per heavy atom. The minimum absolute atomic E-state index is 0.00692. The van der Waals surface area contributed by atoms with E-state index < -0.39 is 29.8 Å². The highest BCUT2D eigenvalue weighted by Gasteiger charge is 2.39. The zero-order valence-corrected chi connectivity index (χ0v) is 19.0. The van der Waals surface area contributed by atoms with Crippen molar-refractivity contribution in [3.8, 4) is 5.75 Å². The molecule has 2 aromatic rings. The Morgan fingerprint density at radius 2 is 1.65 bits per heavy atom. The molecule has 0 saturated carbocycles. The van der Waals surface area contributed by atoms with Crippen molar-refractivity contribution in [2.75, 3.05) is 0 Å². The largest absolute Gasteiger partial charge is 0.508 e. The van der Waals surface area contributed by atoms with E-state index in [0.717, 1.165) is 0 Å². The second-order valence-electron chi connectivity index (χ2n) is 7.72. The number of carboxylic acids is 1. The Morgan fingerprint density at radius 1 is 1.03 bits per heavy atom. The van der Waals surface area contributed by atoms with Gasteiger partial charge in [0, 0.05) is 16.5 Å². The number of carbonyl (C=O) groups excluding carboxylic acids is 2. The lowest BCUT2D eigenvalue weighted by atomic mass is 10.0. The molecule has 0 aliphatic rings. The third kappa shape index (κ3) is 7.29. The Bertz CT molecular complexity index is 938. The highest BCUT2D eigenvalue weighted by atomic mass is 79.9. The van der Waals surface area contributed by atoms with Crippen LogP contribution < -0.4 is 0 Å². The number of benzene rings is 2. The molecule has 2 aromatic carbocycles. The van der Waals surface area contributed by atoms with Crippen molar-refractivity contribution < 1.29 is 34.1 Å². The van der Waals surface area contributed by atoms with Gasteiger partial charge in [0.05, 0.1) is 0 Å². The fourth-order valence-corrected chi connectivity index (χ4v) is 3.01. The predicted molar refractivity (Wildman–Crippen MR) is 116 cm³/mol. The van der Waals surface area contributed by atoms with Gasteiger partial charge in [-0.25, -0.2) is 14.4 Å². The third-order valence-corrected chi connectivity index (χ3v) is 4.83. The van der Waals surface area contributed by atoms with Crippen LogP contribution in [-0.2, 0) is 27.3 Å². The van der Waals surface area contributed by atoms with Gasteiger partial charge in [0.15, 0.2) is 0 Å². The molecule has 9 heteroatoms. The van der Waals surface area contributed by atoms with Crippen molar-refractivity contribution in [2.45, 2.75) is 45.4 Å². The third-order valence-electron chi connectivity index (χ3n) is 4.06. The van der Waals surface area contributed by atoms with Gasteiger partial charge in [0.2, 0.25) is 0 Å². The summed E-state index contributed by atoms with van der Waals surface area (Å²) in [6.45, 7) is 4.63. The van der Waals surface area contributed by atoms with Crippen molar-refractivity contribution in [1.29, 1.82) is 0 Å². The number of halogens is 1. The lowest BCUT2D eigenvalue weighted by Crippen LogP contribution is -2.51. The van der Waals surface area contributed by atoms with Crippen molar-refractivity contribution >= 4 is 34.1 Å². The maximum atomic E-state index is 12.8. The van der Waals surface area contributed by atoms with E-state index in [1.54, 1.807) is 45.0 Å².